The molecule has 2 aromatic rings. The van der Waals surface area contributed by atoms with Crippen LogP contribution in [0.4, 0.5) is 0 Å². The van der Waals surface area contributed by atoms with Gasteiger partial charge >= 0.3 is 0 Å². The summed E-state index contributed by atoms with van der Waals surface area (Å²) in [5, 5.41) is 0. The van der Waals surface area contributed by atoms with Crippen molar-refractivity contribution in [2.45, 2.75) is 44.1 Å². The molecule has 5 heteroatoms. The standard InChI is InChI=1S/C27H32N2O3/c1-31-24-9-7-23(8-10-24)27(11-2-3-12-27)26(30)29-13-14-32-19-20(18-29)15-21-5-4-6-22-16-28-17-25(21)22/h4-10,17,20H,2-3,11-16,18-19H2,1H3. The fourth-order valence-electron chi connectivity index (χ4n) is 5.70. The summed E-state index contributed by atoms with van der Waals surface area (Å²) in [6.45, 7) is 3.49. The van der Waals surface area contributed by atoms with Gasteiger partial charge in [-0.15, -0.1) is 0 Å². The predicted molar refractivity (Wildman–Crippen MR) is 125 cm³/mol. The number of amides is 1. The SMILES string of the molecule is COc1ccc(C2(C(=O)N3CCOCC(Cc4cccc5c4C=NC5)C3)CCCC2)cc1. The first-order valence-electron chi connectivity index (χ1n) is 11.8. The molecule has 1 atom stereocenters. The Balaban J connectivity index is 1.37. The Bertz CT molecular complexity index is 992. The van der Waals surface area contributed by atoms with Gasteiger partial charge in [-0.25, -0.2) is 0 Å². The Morgan fingerprint density at radius 3 is 2.78 bits per heavy atom. The highest BCUT2D eigenvalue weighted by atomic mass is 16.5. The van der Waals surface area contributed by atoms with Gasteiger partial charge in [0, 0.05) is 30.8 Å². The van der Waals surface area contributed by atoms with Crippen molar-refractivity contribution in [2.24, 2.45) is 10.9 Å². The maximum absolute atomic E-state index is 14.0. The molecule has 5 nitrogen and oxygen atoms in total. The van der Waals surface area contributed by atoms with E-state index < -0.39 is 5.41 Å². The number of rotatable bonds is 5. The maximum atomic E-state index is 14.0. The average molecular weight is 433 g/mol. The number of ether oxygens (including phenoxy) is 2. The molecule has 0 aromatic heterocycles. The Kier molecular flexibility index (Phi) is 6.01. The van der Waals surface area contributed by atoms with Crippen molar-refractivity contribution in [1.29, 1.82) is 0 Å². The monoisotopic (exact) mass is 432 g/mol. The van der Waals surface area contributed by atoms with Gasteiger partial charge in [0.25, 0.3) is 0 Å². The minimum atomic E-state index is -0.415. The Labute approximate surface area is 190 Å². The Hall–Kier alpha value is -2.66. The van der Waals surface area contributed by atoms with Crippen molar-refractivity contribution in [3.05, 3.63) is 64.7 Å². The predicted octanol–water partition coefficient (Wildman–Crippen LogP) is 4.16. The molecule has 1 amide bonds. The molecule has 5 rings (SSSR count). The lowest BCUT2D eigenvalue weighted by molar-refractivity contribution is -0.137. The van der Waals surface area contributed by atoms with Crippen LogP contribution < -0.4 is 4.74 Å². The van der Waals surface area contributed by atoms with Crippen molar-refractivity contribution in [3.8, 4) is 5.75 Å². The van der Waals surface area contributed by atoms with E-state index in [0.717, 1.165) is 56.5 Å². The van der Waals surface area contributed by atoms with Crippen LogP contribution in [0.15, 0.2) is 47.5 Å². The third-order valence-electron chi connectivity index (χ3n) is 7.41. The van der Waals surface area contributed by atoms with E-state index in [1.807, 2.05) is 18.3 Å². The fourth-order valence-corrected chi connectivity index (χ4v) is 5.70. The summed E-state index contributed by atoms with van der Waals surface area (Å²) in [6, 6.07) is 14.6. The lowest BCUT2D eigenvalue weighted by Gasteiger charge is -2.35. The normalized spacial score (nSPS) is 21.9. The Morgan fingerprint density at radius 1 is 1.19 bits per heavy atom. The van der Waals surface area contributed by atoms with Crippen LogP contribution in [-0.2, 0) is 27.9 Å². The number of aliphatic imine (C=N–C) groups is 1. The minimum Gasteiger partial charge on any atom is -0.497 e. The molecule has 0 bridgehead atoms. The van der Waals surface area contributed by atoms with Gasteiger partial charge < -0.3 is 14.4 Å². The second-order valence-electron chi connectivity index (χ2n) is 9.37. The number of hydrogen-bond acceptors (Lipinski definition) is 4. The average Bonchev–Trinajstić information content (AvgIpc) is 3.46. The van der Waals surface area contributed by atoms with E-state index in [1.54, 1.807) is 7.11 Å². The van der Waals surface area contributed by atoms with Gasteiger partial charge in [-0.1, -0.05) is 43.2 Å². The molecule has 1 aliphatic carbocycles. The van der Waals surface area contributed by atoms with Crippen LogP contribution in [0, 0.1) is 5.92 Å². The summed E-state index contributed by atoms with van der Waals surface area (Å²) in [7, 11) is 1.68. The van der Waals surface area contributed by atoms with E-state index in [4.69, 9.17) is 9.47 Å². The smallest absolute Gasteiger partial charge is 0.233 e. The zero-order valence-corrected chi connectivity index (χ0v) is 18.9. The van der Waals surface area contributed by atoms with Gasteiger partial charge in [-0.2, -0.15) is 0 Å². The molecule has 32 heavy (non-hydrogen) atoms. The van der Waals surface area contributed by atoms with E-state index in [2.05, 4.69) is 40.2 Å². The molecule has 2 aromatic carbocycles. The summed E-state index contributed by atoms with van der Waals surface area (Å²) in [4.78, 5) is 20.6. The van der Waals surface area contributed by atoms with Crippen LogP contribution in [0.5, 0.6) is 5.75 Å². The van der Waals surface area contributed by atoms with Crippen LogP contribution in [-0.4, -0.2) is 50.4 Å². The van der Waals surface area contributed by atoms with E-state index in [-0.39, 0.29) is 11.8 Å². The van der Waals surface area contributed by atoms with Crippen LogP contribution in [0.2, 0.25) is 0 Å². The molecular weight excluding hydrogens is 400 g/mol. The van der Waals surface area contributed by atoms with Crippen molar-refractivity contribution in [2.75, 3.05) is 33.4 Å². The molecule has 0 N–H and O–H groups in total. The van der Waals surface area contributed by atoms with Gasteiger partial charge in [0.2, 0.25) is 5.91 Å². The number of hydrogen-bond donors (Lipinski definition) is 0. The number of methoxy groups -OCH3 is 1. The van der Waals surface area contributed by atoms with Crippen LogP contribution in [0.1, 0.15) is 47.9 Å². The molecule has 2 fully saturated rings. The molecule has 168 valence electrons. The summed E-state index contributed by atoms with van der Waals surface area (Å²) in [5.74, 6) is 1.39. The van der Waals surface area contributed by atoms with Gasteiger partial charge in [-0.3, -0.25) is 9.79 Å². The van der Waals surface area contributed by atoms with E-state index in [0.29, 0.717) is 19.8 Å². The minimum absolute atomic E-state index is 0.274. The number of nitrogens with zero attached hydrogens (tertiary/aromatic N) is 2. The fraction of sp³-hybridized carbons (Fsp3) is 0.481. The quantitative estimate of drug-likeness (QED) is 0.713. The second kappa shape index (κ2) is 9.07. The van der Waals surface area contributed by atoms with Gasteiger partial charge in [0.15, 0.2) is 0 Å². The van der Waals surface area contributed by atoms with Crippen molar-refractivity contribution in [1.82, 2.24) is 4.90 Å². The third kappa shape index (κ3) is 3.95. The molecule has 1 saturated carbocycles. The largest absolute Gasteiger partial charge is 0.497 e. The van der Waals surface area contributed by atoms with Gasteiger partial charge in [0.05, 0.1) is 32.3 Å². The number of benzene rings is 2. The molecule has 1 unspecified atom stereocenters. The van der Waals surface area contributed by atoms with Gasteiger partial charge in [0.1, 0.15) is 5.75 Å². The van der Waals surface area contributed by atoms with E-state index in [1.165, 1.54) is 16.7 Å². The lowest BCUT2D eigenvalue weighted by Crippen LogP contribution is -2.47. The zero-order valence-electron chi connectivity index (χ0n) is 18.9. The topological polar surface area (TPSA) is 51.1 Å². The summed E-state index contributed by atoms with van der Waals surface area (Å²) in [6.07, 6.45) is 6.95. The summed E-state index contributed by atoms with van der Waals surface area (Å²) >= 11 is 0. The van der Waals surface area contributed by atoms with Crippen molar-refractivity contribution >= 4 is 12.1 Å². The number of fused-ring (bicyclic) bond motifs is 1. The molecular formula is C27H32N2O3. The van der Waals surface area contributed by atoms with E-state index >= 15 is 0 Å². The lowest BCUT2D eigenvalue weighted by atomic mass is 9.77. The molecule has 1 saturated heterocycles. The molecule has 2 aliphatic heterocycles. The number of carbonyl (C=O) groups excluding carboxylic acids is 1. The highest BCUT2D eigenvalue weighted by molar-refractivity contribution is 5.89. The first kappa shape index (κ1) is 21.2. The molecule has 0 spiro atoms. The molecule has 2 heterocycles. The van der Waals surface area contributed by atoms with Crippen LogP contribution >= 0.6 is 0 Å². The molecule has 3 aliphatic rings. The summed E-state index contributed by atoms with van der Waals surface area (Å²) in [5.41, 5.74) is 4.59. The highest BCUT2D eigenvalue weighted by Crippen LogP contribution is 2.43. The van der Waals surface area contributed by atoms with Crippen molar-refractivity contribution in [3.63, 3.8) is 0 Å². The Morgan fingerprint density at radius 2 is 2.00 bits per heavy atom. The van der Waals surface area contributed by atoms with E-state index in [9.17, 15) is 4.79 Å². The summed E-state index contributed by atoms with van der Waals surface area (Å²) < 4.78 is 11.3. The van der Waals surface area contributed by atoms with Crippen LogP contribution in [0.3, 0.4) is 0 Å². The van der Waals surface area contributed by atoms with Crippen molar-refractivity contribution < 1.29 is 14.3 Å². The first-order chi connectivity index (χ1) is 15.7. The zero-order chi connectivity index (χ0) is 22.0. The molecule has 0 radical (unpaired) electrons. The third-order valence-corrected chi connectivity index (χ3v) is 7.41. The number of carbonyl (C=O) groups is 1. The van der Waals surface area contributed by atoms with Crippen LogP contribution in [0.25, 0.3) is 0 Å². The highest BCUT2D eigenvalue weighted by Gasteiger charge is 2.45. The maximum Gasteiger partial charge on any atom is 0.233 e. The second-order valence-corrected chi connectivity index (χ2v) is 9.37. The first-order valence-corrected chi connectivity index (χ1v) is 11.8. The van der Waals surface area contributed by atoms with Gasteiger partial charge in [-0.05, 0) is 48.1 Å².